The van der Waals surface area contributed by atoms with E-state index in [0.29, 0.717) is 25.5 Å². The first-order chi connectivity index (χ1) is 10.3. The van der Waals surface area contributed by atoms with Crippen LogP contribution in [0.3, 0.4) is 0 Å². The van der Waals surface area contributed by atoms with Crippen LogP contribution in [0.4, 0.5) is 0 Å². The summed E-state index contributed by atoms with van der Waals surface area (Å²) in [4.78, 5) is 10.8. The fourth-order valence-corrected chi connectivity index (χ4v) is 2.69. The fourth-order valence-electron chi connectivity index (χ4n) is 2.69. The predicted molar refractivity (Wildman–Crippen MR) is 84.8 cm³/mol. The lowest BCUT2D eigenvalue weighted by atomic mass is 10.0. The van der Waals surface area contributed by atoms with Gasteiger partial charge >= 0.3 is 0 Å². The third-order valence-electron chi connectivity index (χ3n) is 3.76. The molecule has 0 saturated carbocycles. The van der Waals surface area contributed by atoms with Gasteiger partial charge < -0.3 is 10.0 Å². The van der Waals surface area contributed by atoms with E-state index in [1.807, 2.05) is 32.6 Å². The van der Waals surface area contributed by atoms with Gasteiger partial charge in [-0.1, -0.05) is 0 Å². The molecule has 0 amide bonds. The molecule has 2 rings (SSSR count). The van der Waals surface area contributed by atoms with Crippen molar-refractivity contribution in [3.8, 4) is 0 Å². The van der Waals surface area contributed by atoms with Crippen molar-refractivity contribution in [2.75, 3.05) is 39.3 Å². The number of aliphatic hydroxyl groups is 1. The smallest absolute Gasteiger partial charge is 0.153 e. The topological polar surface area (TPSA) is 96.4 Å². The Morgan fingerprint density at radius 1 is 1.00 bits per heavy atom. The van der Waals surface area contributed by atoms with Gasteiger partial charge in [-0.2, -0.15) is 10.2 Å². The largest absolute Gasteiger partial charge is 0.395 e. The normalized spacial score (nSPS) is 20.1. The van der Waals surface area contributed by atoms with Crippen LogP contribution in [0.1, 0.15) is 27.7 Å². The quantitative estimate of drug-likeness (QED) is 0.709. The second-order valence-corrected chi connectivity index (χ2v) is 6.56. The molecule has 8 heteroatoms. The summed E-state index contributed by atoms with van der Waals surface area (Å²) in [5.41, 5.74) is -1.27. The van der Waals surface area contributed by atoms with E-state index >= 15 is 0 Å². The molecule has 2 aliphatic heterocycles. The van der Waals surface area contributed by atoms with E-state index in [0.717, 1.165) is 24.0 Å². The van der Waals surface area contributed by atoms with Crippen molar-refractivity contribution in [2.24, 2.45) is 20.2 Å². The average molecular weight is 310 g/mol. The van der Waals surface area contributed by atoms with Crippen LogP contribution in [0.2, 0.25) is 0 Å². The molecule has 0 fully saturated rings. The van der Waals surface area contributed by atoms with Crippen LogP contribution < -0.4 is 0 Å². The number of hydroxylamine groups is 2. The standard InChI is InChI=1S/C14H26N6O2/c1-13(2,11-15-5-7-19(11)9-10-21)17-18-14(3,4)12-16-6-8-20(12)22/h21-22H,5-10H2,1-4H3. The molecule has 0 aromatic carbocycles. The van der Waals surface area contributed by atoms with Gasteiger partial charge in [-0.25, -0.2) is 5.06 Å². The Morgan fingerprint density at radius 2 is 1.55 bits per heavy atom. The van der Waals surface area contributed by atoms with E-state index in [4.69, 9.17) is 5.11 Å². The van der Waals surface area contributed by atoms with Crippen LogP contribution in [0.5, 0.6) is 0 Å². The number of azo groups is 1. The summed E-state index contributed by atoms with van der Waals surface area (Å²) in [5, 5.41) is 29.0. The van der Waals surface area contributed by atoms with Crippen molar-refractivity contribution >= 4 is 11.7 Å². The van der Waals surface area contributed by atoms with Gasteiger partial charge in [-0.3, -0.25) is 15.2 Å². The van der Waals surface area contributed by atoms with E-state index in [2.05, 4.69) is 20.2 Å². The van der Waals surface area contributed by atoms with Gasteiger partial charge in [0.05, 0.1) is 26.2 Å². The second kappa shape index (κ2) is 6.29. The number of nitrogens with zero attached hydrogens (tertiary/aromatic N) is 6. The zero-order valence-corrected chi connectivity index (χ0v) is 13.8. The number of amidine groups is 2. The van der Waals surface area contributed by atoms with E-state index in [9.17, 15) is 5.21 Å². The molecule has 0 unspecified atom stereocenters. The number of aliphatic imine (C=N–C) groups is 2. The number of hydrogen-bond acceptors (Lipinski definition) is 8. The average Bonchev–Trinajstić information content (AvgIpc) is 3.06. The summed E-state index contributed by atoms with van der Waals surface area (Å²) in [5.74, 6) is 1.38. The van der Waals surface area contributed by atoms with Crippen LogP contribution in [-0.2, 0) is 0 Å². The Hall–Kier alpha value is -1.54. The zero-order chi connectivity index (χ0) is 16.4. The molecule has 124 valence electrons. The first-order valence-electron chi connectivity index (χ1n) is 7.64. The van der Waals surface area contributed by atoms with E-state index in [1.54, 1.807) is 0 Å². The highest BCUT2D eigenvalue weighted by atomic mass is 16.5. The summed E-state index contributed by atoms with van der Waals surface area (Å²) in [6.45, 7) is 10.9. The summed E-state index contributed by atoms with van der Waals surface area (Å²) in [6.07, 6.45) is 0. The van der Waals surface area contributed by atoms with Crippen molar-refractivity contribution < 1.29 is 10.3 Å². The van der Waals surface area contributed by atoms with Gasteiger partial charge in [0.2, 0.25) is 0 Å². The van der Waals surface area contributed by atoms with Gasteiger partial charge in [0, 0.05) is 13.1 Å². The highest BCUT2D eigenvalue weighted by molar-refractivity contribution is 5.93. The van der Waals surface area contributed by atoms with Crippen molar-refractivity contribution in [3.63, 3.8) is 0 Å². The van der Waals surface area contributed by atoms with Crippen molar-refractivity contribution in [3.05, 3.63) is 0 Å². The van der Waals surface area contributed by atoms with Crippen molar-refractivity contribution in [1.82, 2.24) is 9.96 Å². The van der Waals surface area contributed by atoms with Crippen LogP contribution in [-0.4, -0.2) is 82.4 Å². The molecular formula is C14H26N6O2. The molecule has 22 heavy (non-hydrogen) atoms. The van der Waals surface area contributed by atoms with Crippen LogP contribution >= 0.6 is 0 Å². The Kier molecular flexibility index (Phi) is 4.81. The lowest BCUT2D eigenvalue weighted by Gasteiger charge is -2.29. The molecule has 2 aliphatic rings. The fraction of sp³-hybridized carbons (Fsp3) is 0.857. The van der Waals surface area contributed by atoms with E-state index in [1.165, 1.54) is 0 Å². The summed E-state index contributed by atoms with van der Waals surface area (Å²) in [6, 6.07) is 0. The van der Waals surface area contributed by atoms with Crippen LogP contribution in [0, 0.1) is 0 Å². The third-order valence-corrected chi connectivity index (χ3v) is 3.76. The molecule has 0 atom stereocenters. The minimum absolute atomic E-state index is 0.0913. The van der Waals surface area contributed by atoms with Gasteiger partial charge in [0.15, 0.2) is 5.84 Å². The Balaban J connectivity index is 2.13. The lowest BCUT2D eigenvalue weighted by Crippen LogP contribution is -2.44. The first kappa shape index (κ1) is 16.8. The maximum absolute atomic E-state index is 9.82. The maximum atomic E-state index is 9.82. The second-order valence-electron chi connectivity index (χ2n) is 6.56. The molecule has 0 bridgehead atoms. The van der Waals surface area contributed by atoms with Crippen molar-refractivity contribution in [2.45, 2.75) is 38.8 Å². The third kappa shape index (κ3) is 3.44. The maximum Gasteiger partial charge on any atom is 0.153 e. The summed E-state index contributed by atoms with van der Waals surface area (Å²) < 4.78 is 0. The Bertz CT molecular complexity index is 498. The van der Waals surface area contributed by atoms with Crippen molar-refractivity contribution in [1.29, 1.82) is 0 Å². The summed E-state index contributed by atoms with van der Waals surface area (Å²) in [7, 11) is 0. The molecule has 0 aliphatic carbocycles. The molecule has 2 N–H and O–H groups in total. The molecule has 8 nitrogen and oxygen atoms in total. The number of aliphatic hydroxyl groups excluding tert-OH is 1. The van der Waals surface area contributed by atoms with Gasteiger partial charge in [0.25, 0.3) is 0 Å². The molecule has 0 spiro atoms. The highest BCUT2D eigenvalue weighted by Crippen LogP contribution is 2.24. The molecule has 0 saturated heterocycles. The zero-order valence-electron chi connectivity index (χ0n) is 13.8. The minimum atomic E-state index is -0.691. The highest BCUT2D eigenvalue weighted by Gasteiger charge is 2.36. The number of β-amino-alcohol motifs (C(OH)–C–C–N with tert-alkyl or cyclic N) is 1. The summed E-state index contributed by atoms with van der Waals surface area (Å²) >= 11 is 0. The van der Waals surface area contributed by atoms with Gasteiger partial charge in [0.1, 0.15) is 16.9 Å². The number of rotatable bonds is 6. The molecular weight excluding hydrogens is 284 g/mol. The molecule has 0 radical (unpaired) electrons. The molecule has 0 aromatic heterocycles. The number of hydrogen-bond donors (Lipinski definition) is 2. The van der Waals surface area contributed by atoms with Crippen LogP contribution in [0.25, 0.3) is 0 Å². The molecule has 0 aromatic rings. The van der Waals surface area contributed by atoms with Gasteiger partial charge in [-0.05, 0) is 27.7 Å². The monoisotopic (exact) mass is 310 g/mol. The SMILES string of the molecule is CC(C)(N=NC(C)(C)C1=NCCN1CCO)C1=NCCN1O. The van der Waals surface area contributed by atoms with E-state index < -0.39 is 11.1 Å². The Morgan fingerprint density at radius 3 is 2.09 bits per heavy atom. The molecule has 2 heterocycles. The Labute approximate surface area is 131 Å². The lowest BCUT2D eigenvalue weighted by molar-refractivity contribution is -0.00832. The van der Waals surface area contributed by atoms with Crippen LogP contribution in [0.15, 0.2) is 20.2 Å². The minimum Gasteiger partial charge on any atom is -0.395 e. The first-order valence-corrected chi connectivity index (χ1v) is 7.64. The predicted octanol–water partition coefficient (Wildman–Crippen LogP) is 0.805. The van der Waals surface area contributed by atoms with E-state index in [-0.39, 0.29) is 6.61 Å². The van der Waals surface area contributed by atoms with Gasteiger partial charge in [-0.15, -0.1) is 0 Å².